The second-order valence-corrected chi connectivity index (χ2v) is 3.70. The van der Waals surface area contributed by atoms with Gasteiger partial charge in [0.15, 0.2) is 0 Å². The van der Waals surface area contributed by atoms with Gasteiger partial charge in [-0.15, -0.1) is 0 Å². The van der Waals surface area contributed by atoms with Crippen LogP contribution in [0.2, 0.25) is 0 Å². The zero-order chi connectivity index (χ0) is 10.8. The molecule has 1 aromatic heterocycles. The van der Waals surface area contributed by atoms with E-state index in [9.17, 15) is 4.39 Å². The summed E-state index contributed by atoms with van der Waals surface area (Å²) in [4.78, 5) is 4.20. The highest BCUT2D eigenvalue weighted by Crippen LogP contribution is 2.21. The molecule has 0 bridgehead atoms. The number of benzene rings is 1. The van der Waals surface area contributed by atoms with Crippen LogP contribution in [0.4, 0.5) is 4.39 Å². The maximum Gasteiger partial charge on any atom is 0.132 e. The van der Waals surface area contributed by atoms with Crippen LogP contribution in [0.1, 0.15) is 11.1 Å². The first kappa shape index (κ1) is 9.84. The summed E-state index contributed by atoms with van der Waals surface area (Å²) in [5, 5.41) is 0. The molecular formula is C13H12FN. The SMILES string of the molecule is Cc1ccc(-c2ccc(C)cc2F)nc1. The lowest BCUT2D eigenvalue weighted by Gasteiger charge is -2.03. The van der Waals surface area contributed by atoms with Gasteiger partial charge in [-0.2, -0.15) is 0 Å². The van der Waals surface area contributed by atoms with E-state index in [4.69, 9.17) is 0 Å². The van der Waals surface area contributed by atoms with Crippen molar-refractivity contribution in [3.63, 3.8) is 0 Å². The second kappa shape index (κ2) is 3.81. The van der Waals surface area contributed by atoms with Crippen molar-refractivity contribution in [2.45, 2.75) is 13.8 Å². The topological polar surface area (TPSA) is 12.9 Å². The Morgan fingerprint density at radius 3 is 2.33 bits per heavy atom. The molecule has 1 aromatic carbocycles. The summed E-state index contributed by atoms with van der Waals surface area (Å²) < 4.78 is 13.6. The summed E-state index contributed by atoms with van der Waals surface area (Å²) in [6, 6.07) is 8.95. The number of aryl methyl sites for hydroxylation is 2. The van der Waals surface area contributed by atoms with E-state index in [2.05, 4.69) is 4.98 Å². The maximum absolute atomic E-state index is 13.6. The standard InChI is InChI=1S/C13H12FN/c1-9-3-5-11(12(14)7-9)13-6-4-10(2)8-15-13/h3-8H,1-2H3. The van der Waals surface area contributed by atoms with Crippen molar-refractivity contribution in [3.8, 4) is 11.3 Å². The van der Waals surface area contributed by atoms with E-state index in [-0.39, 0.29) is 5.82 Å². The first-order valence-corrected chi connectivity index (χ1v) is 4.86. The second-order valence-electron chi connectivity index (χ2n) is 3.70. The average molecular weight is 201 g/mol. The summed E-state index contributed by atoms with van der Waals surface area (Å²) in [6.07, 6.45) is 1.74. The number of nitrogens with zero attached hydrogens (tertiary/aromatic N) is 1. The Morgan fingerprint density at radius 1 is 1.00 bits per heavy atom. The van der Waals surface area contributed by atoms with Crippen molar-refractivity contribution in [1.29, 1.82) is 0 Å². The predicted molar refractivity (Wildman–Crippen MR) is 59.1 cm³/mol. The Morgan fingerprint density at radius 2 is 1.73 bits per heavy atom. The molecule has 0 aliphatic carbocycles. The Bertz CT molecular complexity index is 474. The molecule has 2 heteroatoms. The maximum atomic E-state index is 13.6. The van der Waals surface area contributed by atoms with Crippen LogP contribution >= 0.6 is 0 Å². The third-order valence-electron chi connectivity index (χ3n) is 2.31. The van der Waals surface area contributed by atoms with Gasteiger partial charge in [-0.1, -0.05) is 12.1 Å². The third kappa shape index (κ3) is 2.04. The molecule has 0 saturated heterocycles. The minimum Gasteiger partial charge on any atom is -0.256 e. The zero-order valence-corrected chi connectivity index (χ0v) is 8.79. The van der Waals surface area contributed by atoms with Gasteiger partial charge in [0.1, 0.15) is 5.82 Å². The van der Waals surface area contributed by atoms with Gasteiger partial charge in [0.2, 0.25) is 0 Å². The van der Waals surface area contributed by atoms with Gasteiger partial charge in [-0.25, -0.2) is 4.39 Å². The molecule has 1 nitrogen and oxygen atoms in total. The molecule has 2 rings (SSSR count). The highest BCUT2D eigenvalue weighted by Gasteiger charge is 2.05. The summed E-state index contributed by atoms with van der Waals surface area (Å²) >= 11 is 0. The number of pyridine rings is 1. The van der Waals surface area contributed by atoms with Gasteiger partial charge in [-0.05, 0) is 43.2 Å². The molecule has 0 unspecified atom stereocenters. The lowest BCUT2D eigenvalue weighted by Crippen LogP contribution is -1.89. The molecule has 15 heavy (non-hydrogen) atoms. The van der Waals surface area contributed by atoms with E-state index in [1.165, 1.54) is 6.07 Å². The largest absolute Gasteiger partial charge is 0.256 e. The lowest BCUT2D eigenvalue weighted by atomic mass is 10.1. The molecule has 0 atom stereocenters. The Balaban J connectivity index is 2.49. The van der Waals surface area contributed by atoms with Crippen molar-refractivity contribution in [2.75, 3.05) is 0 Å². The van der Waals surface area contributed by atoms with Crippen LogP contribution in [0.15, 0.2) is 36.5 Å². The number of rotatable bonds is 1. The van der Waals surface area contributed by atoms with Gasteiger partial charge < -0.3 is 0 Å². The van der Waals surface area contributed by atoms with E-state index in [0.29, 0.717) is 11.3 Å². The fraction of sp³-hybridized carbons (Fsp3) is 0.154. The summed E-state index contributed by atoms with van der Waals surface area (Å²) in [6.45, 7) is 3.83. The van der Waals surface area contributed by atoms with Gasteiger partial charge in [-0.3, -0.25) is 4.98 Å². The lowest BCUT2D eigenvalue weighted by molar-refractivity contribution is 0.629. The van der Waals surface area contributed by atoms with Crippen LogP contribution in [0.25, 0.3) is 11.3 Å². The van der Waals surface area contributed by atoms with Crippen LogP contribution in [0.5, 0.6) is 0 Å². The molecule has 0 aliphatic rings. The quantitative estimate of drug-likeness (QED) is 0.688. The van der Waals surface area contributed by atoms with Crippen LogP contribution < -0.4 is 0 Å². The number of hydrogen-bond acceptors (Lipinski definition) is 1. The van der Waals surface area contributed by atoms with Gasteiger partial charge in [0.05, 0.1) is 5.69 Å². The minimum atomic E-state index is -0.216. The molecule has 76 valence electrons. The molecule has 0 aliphatic heterocycles. The fourth-order valence-corrected chi connectivity index (χ4v) is 1.45. The molecule has 0 saturated carbocycles. The molecule has 2 aromatic rings. The van der Waals surface area contributed by atoms with E-state index in [0.717, 1.165) is 11.1 Å². The fourth-order valence-electron chi connectivity index (χ4n) is 1.45. The smallest absolute Gasteiger partial charge is 0.132 e. The van der Waals surface area contributed by atoms with Gasteiger partial charge in [0.25, 0.3) is 0 Å². The van der Waals surface area contributed by atoms with Crippen molar-refractivity contribution >= 4 is 0 Å². The molecule has 0 N–H and O–H groups in total. The molecule has 1 heterocycles. The number of aromatic nitrogens is 1. The first-order chi connectivity index (χ1) is 7.16. The summed E-state index contributed by atoms with van der Waals surface area (Å²) in [7, 11) is 0. The third-order valence-corrected chi connectivity index (χ3v) is 2.31. The van der Waals surface area contributed by atoms with E-state index in [1.807, 2.05) is 32.0 Å². The van der Waals surface area contributed by atoms with E-state index in [1.54, 1.807) is 12.3 Å². The van der Waals surface area contributed by atoms with Crippen LogP contribution in [0, 0.1) is 19.7 Å². The van der Waals surface area contributed by atoms with E-state index < -0.39 is 0 Å². The van der Waals surface area contributed by atoms with Crippen molar-refractivity contribution in [2.24, 2.45) is 0 Å². The Hall–Kier alpha value is -1.70. The van der Waals surface area contributed by atoms with Crippen molar-refractivity contribution < 1.29 is 4.39 Å². The molecule has 0 radical (unpaired) electrons. The van der Waals surface area contributed by atoms with Crippen LogP contribution in [-0.4, -0.2) is 4.98 Å². The van der Waals surface area contributed by atoms with Crippen molar-refractivity contribution in [3.05, 3.63) is 53.5 Å². The Kier molecular flexibility index (Phi) is 2.50. The normalized spacial score (nSPS) is 10.3. The van der Waals surface area contributed by atoms with Crippen LogP contribution in [0.3, 0.4) is 0 Å². The molecule has 0 fully saturated rings. The summed E-state index contributed by atoms with van der Waals surface area (Å²) in [5.41, 5.74) is 3.23. The number of halogens is 1. The van der Waals surface area contributed by atoms with Crippen molar-refractivity contribution in [1.82, 2.24) is 4.98 Å². The highest BCUT2D eigenvalue weighted by atomic mass is 19.1. The number of hydrogen-bond donors (Lipinski definition) is 0. The molecular weight excluding hydrogens is 189 g/mol. The molecule has 0 amide bonds. The van der Waals surface area contributed by atoms with Crippen LogP contribution in [-0.2, 0) is 0 Å². The Labute approximate surface area is 88.6 Å². The van der Waals surface area contributed by atoms with Gasteiger partial charge >= 0.3 is 0 Å². The summed E-state index contributed by atoms with van der Waals surface area (Å²) in [5.74, 6) is -0.216. The first-order valence-electron chi connectivity index (χ1n) is 4.86. The predicted octanol–water partition coefficient (Wildman–Crippen LogP) is 3.50. The molecule has 0 spiro atoms. The minimum absolute atomic E-state index is 0.216. The monoisotopic (exact) mass is 201 g/mol. The zero-order valence-electron chi connectivity index (χ0n) is 8.79. The van der Waals surface area contributed by atoms with Gasteiger partial charge in [0, 0.05) is 11.8 Å². The average Bonchev–Trinajstić information content (AvgIpc) is 2.20. The highest BCUT2D eigenvalue weighted by molar-refractivity contribution is 5.60. The van der Waals surface area contributed by atoms with E-state index >= 15 is 0 Å².